The van der Waals surface area contributed by atoms with E-state index in [0.29, 0.717) is 5.56 Å². The number of hydrogen-bond donors (Lipinski definition) is 1. The van der Waals surface area contributed by atoms with Gasteiger partial charge in [0.1, 0.15) is 11.1 Å². The third-order valence-corrected chi connectivity index (χ3v) is 4.71. The molecule has 0 aromatic heterocycles. The van der Waals surface area contributed by atoms with E-state index >= 15 is 0 Å². The van der Waals surface area contributed by atoms with Crippen molar-refractivity contribution in [3.05, 3.63) is 34.6 Å². The van der Waals surface area contributed by atoms with Crippen LogP contribution >= 0.6 is 11.6 Å². The maximum absolute atomic E-state index is 13.0. The highest BCUT2D eigenvalue weighted by molar-refractivity contribution is 7.85. The summed E-state index contributed by atoms with van der Waals surface area (Å²) in [6.07, 6.45) is 0. The second-order valence-electron chi connectivity index (χ2n) is 4.26. The lowest BCUT2D eigenvalue weighted by atomic mass is 10.1. The number of carboxylic acids is 1. The van der Waals surface area contributed by atoms with E-state index in [-0.39, 0.29) is 16.7 Å². The first-order chi connectivity index (χ1) is 8.32. The number of rotatable bonds is 5. The highest BCUT2D eigenvalue weighted by atomic mass is 35.5. The molecule has 0 aliphatic heterocycles. The van der Waals surface area contributed by atoms with E-state index in [2.05, 4.69) is 0 Å². The molecule has 0 aliphatic rings. The van der Waals surface area contributed by atoms with Gasteiger partial charge in [-0.1, -0.05) is 25.4 Å². The van der Waals surface area contributed by atoms with Gasteiger partial charge in [0, 0.05) is 15.8 Å². The van der Waals surface area contributed by atoms with Gasteiger partial charge in [0.2, 0.25) is 0 Å². The Morgan fingerprint density at radius 2 is 2.11 bits per heavy atom. The largest absolute Gasteiger partial charge is 0.480 e. The molecule has 1 aromatic carbocycles. The topological polar surface area (TPSA) is 54.4 Å². The van der Waals surface area contributed by atoms with Gasteiger partial charge >= 0.3 is 5.97 Å². The zero-order valence-electron chi connectivity index (χ0n) is 10.0. The van der Waals surface area contributed by atoms with Crippen molar-refractivity contribution in [1.29, 1.82) is 0 Å². The third-order valence-electron chi connectivity index (χ3n) is 2.44. The van der Waals surface area contributed by atoms with Crippen molar-refractivity contribution in [2.75, 3.05) is 0 Å². The molecule has 100 valence electrons. The zero-order valence-corrected chi connectivity index (χ0v) is 11.6. The first-order valence-corrected chi connectivity index (χ1v) is 7.13. The van der Waals surface area contributed by atoms with Gasteiger partial charge in [-0.25, -0.2) is 4.39 Å². The molecule has 1 N–H and O–H groups in total. The van der Waals surface area contributed by atoms with Gasteiger partial charge in [0.15, 0.2) is 0 Å². The van der Waals surface area contributed by atoms with E-state index in [4.69, 9.17) is 16.7 Å². The van der Waals surface area contributed by atoms with Crippen LogP contribution in [0.5, 0.6) is 0 Å². The molecule has 6 heteroatoms. The molecular weight excluding hydrogens is 279 g/mol. The van der Waals surface area contributed by atoms with Gasteiger partial charge in [0.25, 0.3) is 0 Å². The summed E-state index contributed by atoms with van der Waals surface area (Å²) in [6, 6.07) is 3.75. The molecule has 0 heterocycles. The summed E-state index contributed by atoms with van der Waals surface area (Å²) in [7, 11) is -1.64. The van der Waals surface area contributed by atoms with Crippen molar-refractivity contribution < 1.29 is 18.5 Å². The van der Waals surface area contributed by atoms with Gasteiger partial charge in [-0.3, -0.25) is 9.00 Å². The van der Waals surface area contributed by atoms with Gasteiger partial charge in [0.05, 0.1) is 5.75 Å². The molecule has 0 amide bonds. The first-order valence-electron chi connectivity index (χ1n) is 5.37. The molecule has 0 radical (unpaired) electrons. The monoisotopic (exact) mass is 292 g/mol. The summed E-state index contributed by atoms with van der Waals surface area (Å²) in [5, 5.41) is 8.32. The Bertz CT molecular complexity index is 476. The average molecular weight is 293 g/mol. The van der Waals surface area contributed by atoms with E-state index in [0.717, 1.165) is 0 Å². The summed E-state index contributed by atoms with van der Waals surface area (Å²) < 4.78 is 25.1. The van der Waals surface area contributed by atoms with Crippen LogP contribution in [0, 0.1) is 11.7 Å². The van der Waals surface area contributed by atoms with Crippen molar-refractivity contribution in [2.45, 2.75) is 24.9 Å². The smallest absolute Gasteiger partial charge is 0.319 e. The molecule has 0 saturated heterocycles. The zero-order chi connectivity index (χ0) is 13.9. The second-order valence-corrected chi connectivity index (χ2v) is 6.23. The molecule has 0 fully saturated rings. The molecule has 0 spiro atoms. The summed E-state index contributed by atoms with van der Waals surface area (Å²) in [5.41, 5.74) is 0.363. The van der Waals surface area contributed by atoms with E-state index in [1.54, 1.807) is 13.8 Å². The van der Waals surface area contributed by atoms with Crippen molar-refractivity contribution >= 4 is 28.4 Å². The van der Waals surface area contributed by atoms with Crippen molar-refractivity contribution in [1.82, 2.24) is 0 Å². The molecular formula is C12H14ClFO3S. The number of carboxylic acid groups (broad SMARTS) is 1. The molecule has 18 heavy (non-hydrogen) atoms. The standard InChI is InChI=1S/C12H14ClFO3S/c1-7(2)11(12(15)16)18(17)6-8-5-9(14)3-4-10(8)13/h3-5,7,11H,6H2,1-2H3,(H,15,16). The van der Waals surface area contributed by atoms with Crippen LogP contribution in [0.15, 0.2) is 18.2 Å². The Balaban J connectivity index is 2.92. The Hall–Kier alpha value is -0.940. The molecule has 0 bridgehead atoms. The predicted octanol–water partition coefficient (Wildman–Crippen LogP) is 2.84. The van der Waals surface area contributed by atoms with Gasteiger partial charge in [-0.2, -0.15) is 0 Å². The van der Waals surface area contributed by atoms with Crippen LogP contribution in [0.1, 0.15) is 19.4 Å². The van der Waals surface area contributed by atoms with Gasteiger partial charge < -0.3 is 5.11 Å². The predicted molar refractivity (Wildman–Crippen MR) is 69.5 cm³/mol. The third kappa shape index (κ3) is 3.78. The lowest BCUT2D eigenvalue weighted by Gasteiger charge is -2.16. The van der Waals surface area contributed by atoms with Crippen LogP contribution in [0.2, 0.25) is 5.02 Å². The fraction of sp³-hybridized carbons (Fsp3) is 0.417. The summed E-state index contributed by atoms with van der Waals surface area (Å²) in [6.45, 7) is 3.37. The van der Waals surface area contributed by atoms with Crippen molar-refractivity contribution in [3.63, 3.8) is 0 Å². The van der Waals surface area contributed by atoms with Crippen LogP contribution in [0.4, 0.5) is 4.39 Å². The molecule has 1 aromatic rings. The SMILES string of the molecule is CC(C)C(C(=O)O)S(=O)Cc1cc(F)ccc1Cl. The Morgan fingerprint density at radius 3 is 2.61 bits per heavy atom. The van der Waals surface area contributed by atoms with Gasteiger partial charge in [-0.15, -0.1) is 0 Å². The quantitative estimate of drug-likeness (QED) is 0.908. The minimum atomic E-state index is -1.64. The van der Waals surface area contributed by atoms with Crippen LogP contribution in [-0.4, -0.2) is 20.5 Å². The Kier molecular flexibility index (Phi) is 5.28. The Labute approximate surface area is 112 Å². The number of benzene rings is 1. The molecule has 3 nitrogen and oxygen atoms in total. The van der Waals surface area contributed by atoms with Crippen LogP contribution in [0.3, 0.4) is 0 Å². The summed E-state index contributed by atoms with van der Waals surface area (Å²) in [4.78, 5) is 11.0. The lowest BCUT2D eigenvalue weighted by molar-refractivity contribution is -0.137. The maximum atomic E-state index is 13.0. The fourth-order valence-corrected chi connectivity index (χ4v) is 3.42. The second kappa shape index (κ2) is 6.29. The van der Waals surface area contributed by atoms with Crippen molar-refractivity contribution in [3.8, 4) is 0 Å². The molecule has 1 rings (SSSR count). The maximum Gasteiger partial charge on any atom is 0.319 e. The van der Waals surface area contributed by atoms with E-state index < -0.39 is 27.8 Å². The summed E-state index contributed by atoms with van der Waals surface area (Å²) >= 11 is 5.86. The van der Waals surface area contributed by atoms with Crippen LogP contribution in [0.25, 0.3) is 0 Å². The molecule has 0 aliphatic carbocycles. The van der Waals surface area contributed by atoms with Crippen LogP contribution in [-0.2, 0) is 21.3 Å². The van der Waals surface area contributed by atoms with E-state index in [1.807, 2.05) is 0 Å². The average Bonchev–Trinajstić information content (AvgIpc) is 2.22. The minimum Gasteiger partial charge on any atom is -0.480 e. The molecule has 0 saturated carbocycles. The van der Waals surface area contributed by atoms with Crippen molar-refractivity contribution in [2.24, 2.45) is 5.92 Å². The Morgan fingerprint density at radius 1 is 1.50 bits per heavy atom. The van der Waals surface area contributed by atoms with Gasteiger partial charge in [-0.05, 0) is 29.7 Å². The summed E-state index contributed by atoms with van der Waals surface area (Å²) in [5.74, 6) is -1.93. The van der Waals surface area contributed by atoms with E-state index in [1.165, 1.54) is 18.2 Å². The number of halogens is 2. The first kappa shape index (κ1) is 15.1. The highest BCUT2D eigenvalue weighted by Crippen LogP contribution is 2.21. The van der Waals surface area contributed by atoms with Crippen LogP contribution < -0.4 is 0 Å². The normalized spacial score (nSPS) is 14.5. The number of carbonyl (C=O) groups is 1. The van der Waals surface area contributed by atoms with E-state index in [9.17, 15) is 13.4 Å². The number of hydrogen-bond acceptors (Lipinski definition) is 2. The minimum absolute atomic E-state index is 0.0638. The number of aliphatic carboxylic acids is 1. The lowest BCUT2D eigenvalue weighted by Crippen LogP contribution is -2.31. The fourth-order valence-electron chi connectivity index (χ4n) is 1.60. The molecule has 2 atom stereocenters. The highest BCUT2D eigenvalue weighted by Gasteiger charge is 2.28. The molecule has 2 unspecified atom stereocenters.